The number of hydrogen-bond acceptors (Lipinski definition) is 3. The van der Waals surface area contributed by atoms with Gasteiger partial charge in [-0.1, -0.05) is 27.7 Å². The van der Waals surface area contributed by atoms with Crippen LogP contribution in [0.4, 0.5) is 0 Å². The Morgan fingerprint density at radius 1 is 1.24 bits per heavy atom. The molecule has 0 aromatic rings. The lowest BCUT2D eigenvalue weighted by Gasteiger charge is -2.40. The molecule has 2 unspecified atom stereocenters. The first kappa shape index (κ1) is 14.7. The van der Waals surface area contributed by atoms with E-state index in [-0.39, 0.29) is 18.0 Å². The Morgan fingerprint density at radius 2 is 1.76 bits per heavy atom. The third-order valence-corrected chi connectivity index (χ3v) is 8.87. The van der Waals surface area contributed by atoms with Gasteiger partial charge in [0.25, 0.3) is 0 Å². The van der Waals surface area contributed by atoms with Crippen molar-refractivity contribution in [3.8, 4) is 0 Å². The van der Waals surface area contributed by atoms with E-state index in [0.29, 0.717) is 12.5 Å². The molecule has 3 nitrogen and oxygen atoms in total. The number of rotatable bonds is 5. The second-order valence-corrected chi connectivity index (χ2v) is 9.95. The summed E-state index contributed by atoms with van der Waals surface area (Å²) in [5.41, 5.74) is 0. The van der Waals surface area contributed by atoms with Crippen LogP contribution in [0, 0.1) is 11.8 Å². The van der Waals surface area contributed by atoms with Crippen molar-refractivity contribution in [1.82, 2.24) is 0 Å². The molecule has 1 fully saturated rings. The fraction of sp³-hybridized carbons (Fsp3) is 0.923. The predicted octanol–water partition coefficient (Wildman–Crippen LogP) is 3.21. The van der Waals surface area contributed by atoms with Gasteiger partial charge in [-0.3, -0.25) is 4.79 Å². The van der Waals surface area contributed by atoms with E-state index in [2.05, 4.69) is 27.7 Å². The Balaban J connectivity index is 2.79. The van der Waals surface area contributed by atoms with Crippen molar-refractivity contribution in [2.24, 2.45) is 11.8 Å². The second-order valence-electron chi connectivity index (χ2n) is 5.22. The third kappa shape index (κ3) is 3.10. The zero-order chi connectivity index (χ0) is 13.1. The molecule has 1 saturated heterocycles. The number of carbonyl (C=O) groups excluding carboxylic acids is 1. The largest absolute Gasteiger partial charge is 0.465 e. The standard InChI is InChI=1S/C13H26O3Si/c1-6-17(7-2,8-3)16-12-10(4)9-15-13(14)11(12)5/h10-12H,6-9H2,1-5H3/t10-,11?,12?/m0/s1. The molecule has 0 bridgehead atoms. The summed E-state index contributed by atoms with van der Waals surface area (Å²) in [5, 5.41) is 0. The quantitative estimate of drug-likeness (QED) is 0.561. The molecule has 100 valence electrons. The van der Waals surface area contributed by atoms with Crippen LogP contribution in [-0.4, -0.2) is 27.0 Å². The van der Waals surface area contributed by atoms with Crippen LogP contribution >= 0.6 is 0 Å². The van der Waals surface area contributed by atoms with Gasteiger partial charge in [0.05, 0.1) is 18.6 Å². The summed E-state index contributed by atoms with van der Waals surface area (Å²) in [7, 11) is -1.63. The van der Waals surface area contributed by atoms with Gasteiger partial charge in [0.2, 0.25) is 0 Å². The SMILES string of the molecule is CC[Si](CC)(CC)OC1C(C)C(=O)OC[C@@H]1C. The monoisotopic (exact) mass is 258 g/mol. The van der Waals surface area contributed by atoms with Gasteiger partial charge in [-0.2, -0.15) is 0 Å². The van der Waals surface area contributed by atoms with Crippen LogP contribution in [0.5, 0.6) is 0 Å². The topological polar surface area (TPSA) is 35.5 Å². The van der Waals surface area contributed by atoms with Crippen LogP contribution in [0.15, 0.2) is 0 Å². The molecule has 0 aromatic heterocycles. The van der Waals surface area contributed by atoms with Crippen LogP contribution in [0.3, 0.4) is 0 Å². The normalized spacial score (nSPS) is 30.2. The van der Waals surface area contributed by atoms with Gasteiger partial charge >= 0.3 is 5.97 Å². The number of esters is 1. The van der Waals surface area contributed by atoms with Gasteiger partial charge in [0, 0.05) is 5.92 Å². The van der Waals surface area contributed by atoms with E-state index in [1.807, 2.05) is 6.92 Å². The highest BCUT2D eigenvalue weighted by atomic mass is 28.4. The fourth-order valence-corrected chi connectivity index (χ4v) is 5.59. The fourth-order valence-electron chi connectivity index (χ4n) is 2.57. The minimum absolute atomic E-state index is 0.0581. The van der Waals surface area contributed by atoms with Crippen LogP contribution in [0.2, 0.25) is 18.1 Å². The van der Waals surface area contributed by atoms with Gasteiger partial charge in [0.15, 0.2) is 8.32 Å². The van der Waals surface area contributed by atoms with Crippen LogP contribution in [0.1, 0.15) is 34.6 Å². The van der Waals surface area contributed by atoms with Crippen molar-refractivity contribution >= 4 is 14.3 Å². The predicted molar refractivity (Wildman–Crippen MR) is 71.4 cm³/mol. The van der Waals surface area contributed by atoms with Crippen molar-refractivity contribution < 1.29 is 14.0 Å². The van der Waals surface area contributed by atoms with Crippen molar-refractivity contribution in [3.63, 3.8) is 0 Å². The van der Waals surface area contributed by atoms with Gasteiger partial charge < -0.3 is 9.16 Å². The molecule has 1 rings (SSSR count). The summed E-state index contributed by atoms with van der Waals surface area (Å²) in [5.74, 6) is 0.105. The molecule has 0 spiro atoms. The maximum Gasteiger partial charge on any atom is 0.311 e. The molecule has 0 N–H and O–H groups in total. The van der Waals surface area contributed by atoms with E-state index in [4.69, 9.17) is 9.16 Å². The van der Waals surface area contributed by atoms with E-state index in [1.54, 1.807) is 0 Å². The van der Waals surface area contributed by atoms with E-state index in [0.717, 1.165) is 18.1 Å². The molecule has 1 aliphatic rings. The molecule has 4 heteroatoms. The molecule has 0 aliphatic carbocycles. The van der Waals surface area contributed by atoms with Crippen LogP contribution in [0.25, 0.3) is 0 Å². The highest BCUT2D eigenvalue weighted by molar-refractivity contribution is 6.73. The molecule has 0 saturated carbocycles. The number of ether oxygens (including phenoxy) is 1. The Morgan fingerprint density at radius 3 is 2.24 bits per heavy atom. The Hall–Kier alpha value is -0.353. The smallest absolute Gasteiger partial charge is 0.311 e. The van der Waals surface area contributed by atoms with E-state index in [1.165, 1.54) is 0 Å². The molecule has 1 aliphatic heterocycles. The minimum Gasteiger partial charge on any atom is -0.465 e. The van der Waals surface area contributed by atoms with Gasteiger partial charge in [-0.05, 0) is 25.1 Å². The lowest BCUT2D eigenvalue weighted by molar-refractivity contribution is -0.163. The van der Waals surface area contributed by atoms with Gasteiger partial charge in [0.1, 0.15) is 0 Å². The molecule has 3 atom stereocenters. The van der Waals surface area contributed by atoms with Gasteiger partial charge in [-0.25, -0.2) is 0 Å². The average molecular weight is 258 g/mol. The van der Waals surface area contributed by atoms with Crippen molar-refractivity contribution in [2.75, 3.05) is 6.61 Å². The number of carbonyl (C=O) groups is 1. The Bertz CT molecular complexity index is 255. The Kier molecular flexibility index (Phi) is 5.19. The first-order valence-corrected chi connectivity index (χ1v) is 9.37. The van der Waals surface area contributed by atoms with Gasteiger partial charge in [-0.15, -0.1) is 0 Å². The van der Waals surface area contributed by atoms with Crippen molar-refractivity contribution in [1.29, 1.82) is 0 Å². The van der Waals surface area contributed by atoms with Crippen molar-refractivity contribution in [3.05, 3.63) is 0 Å². The first-order chi connectivity index (χ1) is 7.99. The van der Waals surface area contributed by atoms with Crippen LogP contribution in [-0.2, 0) is 14.0 Å². The molecular formula is C13H26O3Si. The maximum atomic E-state index is 11.6. The average Bonchev–Trinajstić information content (AvgIpc) is 2.36. The minimum atomic E-state index is -1.63. The zero-order valence-electron chi connectivity index (χ0n) is 11.8. The molecule has 0 radical (unpaired) electrons. The van der Waals surface area contributed by atoms with Crippen LogP contribution < -0.4 is 0 Å². The number of cyclic esters (lactones) is 1. The van der Waals surface area contributed by atoms with Crippen molar-refractivity contribution in [2.45, 2.75) is 58.9 Å². The summed E-state index contributed by atoms with van der Waals surface area (Å²) in [6, 6.07) is 3.39. The highest BCUT2D eigenvalue weighted by Crippen LogP contribution is 2.31. The molecule has 0 aromatic carbocycles. The lowest BCUT2D eigenvalue weighted by Crippen LogP contribution is -2.50. The molecule has 0 amide bonds. The van der Waals surface area contributed by atoms with E-state index in [9.17, 15) is 4.79 Å². The summed E-state index contributed by atoms with van der Waals surface area (Å²) >= 11 is 0. The maximum absolute atomic E-state index is 11.6. The molecule has 17 heavy (non-hydrogen) atoms. The summed E-state index contributed by atoms with van der Waals surface area (Å²) in [6.07, 6.45) is 0.0581. The first-order valence-electron chi connectivity index (χ1n) is 6.84. The van der Waals surface area contributed by atoms with E-state index < -0.39 is 8.32 Å². The highest BCUT2D eigenvalue weighted by Gasteiger charge is 2.41. The summed E-state index contributed by atoms with van der Waals surface area (Å²) in [4.78, 5) is 11.6. The summed E-state index contributed by atoms with van der Waals surface area (Å²) in [6.45, 7) is 11.2. The number of hydrogen-bond donors (Lipinski definition) is 0. The lowest BCUT2D eigenvalue weighted by atomic mass is 9.92. The summed E-state index contributed by atoms with van der Waals surface area (Å²) < 4.78 is 11.6. The molecule has 1 heterocycles. The Labute approximate surface area is 106 Å². The zero-order valence-corrected chi connectivity index (χ0v) is 12.8. The second kappa shape index (κ2) is 6.00. The molecular weight excluding hydrogens is 232 g/mol. The van der Waals surface area contributed by atoms with E-state index >= 15 is 0 Å². The third-order valence-electron chi connectivity index (χ3n) is 4.23.